The number of benzene rings is 1. The third-order valence-corrected chi connectivity index (χ3v) is 3.68. The summed E-state index contributed by atoms with van der Waals surface area (Å²) in [6.07, 6.45) is 2.50. The van der Waals surface area contributed by atoms with Crippen molar-refractivity contribution in [2.45, 2.75) is 64.8 Å². The second kappa shape index (κ2) is 6.40. The fourth-order valence-corrected chi connectivity index (χ4v) is 2.53. The average Bonchev–Trinajstić information content (AvgIpc) is 2.76. The minimum absolute atomic E-state index is 0.0427. The number of aliphatic hydroxyl groups excluding tert-OH is 1. The van der Waals surface area contributed by atoms with Crippen LogP contribution in [-0.2, 0) is 6.54 Å². The highest BCUT2D eigenvalue weighted by molar-refractivity contribution is 5.41. The van der Waals surface area contributed by atoms with Crippen molar-refractivity contribution in [1.82, 2.24) is 5.32 Å². The summed E-state index contributed by atoms with van der Waals surface area (Å²) >= 11 is 0. The van der Waals surface area contributed by atoms with Gasteiger partial charge in [0.2, 0.25) is 0 Å². The van der Waals surface area contributed by atoms with Crippen LogP contribution in [0.15, 0.2) is 18.2 Å². The maximum absolute atomic E-state index is 9.91. The zero-order chi connectivity index (χ0) is 13.8. The van der Waals surface area contributed by atoms with Crippen LogP contribution in [0.5, 0.6) is 5.75 Å². The largest absolute Gasteiger partial charge is 0.487 e. The molecule has 3 heteroatoms. The van der Waals surface area contributed by atoms with Gasteiger partial charge in [-0.25, -0.2) is 0 Å². The summed E-state index contributed by atoms with van der Waals surface area (Å²) in [5.41, 5.74) is 2.31. The molecule has 2 rings (SSSR count). The van der Waals surface area contributed by atoms with E-state index in [4.69, 9.17) is 4.74 Å². The van der Waals surface area contributed by atoms with Gasteiger partial charge in [-0.15, -0.1) is 0 Å². The molecule has 0 saturated heterocycles. The van der Waals surface area contributed by atoms with E-state index in [2.05, 4.69) is 44.3 Å². The lowest BCUT2D eigenvalue weighted by Crippen LogP contribution is -2.27. The number of nitrogens with one attached hydrogen (secondary N) is 1. The van der Waals surface area contributed by atoms with Crippen LogP contribution in [0.1, 0.15) is 44.2 Å². The van der Waals surface area contributed by atoms with E-state index in [-0.39, 0.29) is 12.2 Å². The van der Waals surface area contributed by atoms with E-state index < -0.39 is 0 Å². The Morgan fingerprint density at radius 2 is 2.16 bits per heavy atom. The van der Waals surface area contributed by atoms with Crippen molar-refractivity contribution in [3.05, 3.63) is 29.3 Å². The number of hydrogen-bond acceptors (Lipinski definition) is 3. The van der Waals surface area contributed by atoms with Gasteiger partial charge in [-0.1, -0.05) is 32.0 Å². The first kappa shape index (κ1) is 14.4. The second-order valence-electron chi connectivity index (χ2n) is 5.75. The predicted molar refractivity (Wildman–Crippen MR) is 77.4 cm³/mol. The molecule has 2 unspecified atom stereocenters. The highest BCUT2D eigenvalue weighted by Gasteiger charge is 2.27. The van der Waals surface area contributed by atoms with Gasteiger partial charge in [-0.3, -0.25) is 0 Å². The summed E-state index contributed by atoms with van der Waals surface area (Å²) in [7, 11) is 0. The first-order valence-electron chi connectivity index (χ1n) is 7.24. The highest BCUT2D eigenvalue weighted by atomic mass is 16.5. The minimum Gasteiger partial charge on any atom is -0.487 e. The smallest absolute Gasteiger partial charge is 0.127 e. The van der Waals surface area contributed by atoms with Crippen LogP contribution in [0.3, 0.4) is 0 Å². The van der Waals surface area contributed by atoms with Crippen LogP contribution < -0.4 is 10.1 Å². The summed E-state index contributed by atoms with van der Waals surface area (Å²) < 4.78 is 6.09. The van der Waals surface area contributed by atoms with E-state index >= 15 is 0 Å². The molecule has 0 amide bonds. The van der Waals surface area contributed by atoms with E-state index in [0.29, 0.717) is 6.04 Å². The third kappa shape index (κ3) is 3.71. The van der Waals surface area contributed by atoms with Crippen molar-refractivity contribution in [2.75, 3.05) is 0 Å². The molecule has 1 fully saturated rings. The van der Waals surface area contributed by atoms with E-state index in [0.717, 1.165) is 37.1 Å². The maximum Gasteiger partial charge on any atom is 0.127 e. The minimum atomic E-state index is -0.314. The van der Waals surface area contributed by atoms with E-state index in [1.165, 1.54) is 5.56 Å². The fraction of sp³-hybridized carbons (Fsp3) is 0.625. The van der Waals surface area contributed by atoms with Crippen LogP contribution in [0.2, 0.25) is 0 Å². The molecule has 1 aliphatic rings. The highest BCUT2D eigenvalue weighted by Crippen LogP contribution is 2.29. The summed E-state index contributed by atoms with van der Waals surface area (Å²) in [6.45, 7) is 7.14. The number of hydrogen-bond donors (Lipinski definition) is 2. The van der Waals surface area contributed by atoms with Gasteiger partial charge in [-0.05, 0) is 31.7 Å². The first-order valence-corrected chi connectivity index (χ1v) is 7.24. The number of aliphatic hydroxyl groups is 1. The number of ether oxygens (including phenoxy) is 1. The molecule has 2 N–H and O–H groups in total. The molecule has 106 valence electrons. The SMILES string of the molecule is Cc1cccc(CNC(C)C)c1OC1CCCC1O. The van der Waals surface area contributed by atoms with Crippen LogP contribution >= 0.6 is 0 Å². The summed E-state index contributed by atoms with van der Waals surface area (Å²) in [5, 5.41) is 13.3. The Morgan fingerprint density at radius 3 is 2.79 bits per heavy atom. The van der Waals surface area contributed by atoms with Crippen LogP contribution in [0.25, 0.3) is 0 Å². The number of para-hydroxylation sites is 1. The molecule has 2 atom stereocenters. The Balaban J connectivity index is 2.12. The first-order chi connectivity index (χ1) is 9.08. The fourth-order valence-electron chi connectivity index (χ4n) is 2.53. The van der Waals surface area contributed by atoms with Crippen molar-refractivity contribution >= 4 is 0 Å². The standard InChI is InChI=1S/C16H25NO2/c1-11(2)17-10-13-7-4-6-12(3)16(13)19-15-9-5-8-14(15)18/h4,6-7,11,14-15,17-18H,5,8-10H2,1-3H3. The second-order valence-corrected chi connectivity index (χ2v) is 5.75. The van der Waals surface area contributed by atoms with Crippen molar-refractivity contribution in [3.8, 4) is 5.75 Å². The summed E-state index contributed by atoms with van der Waals surface area (Å²) in [6, 6.07) is 6.67. The molecule has 0 spiro atoms. The van der Waals surface area contributed by atoms with Gasteiger partial charge in [0.15, 0.2) is 0 Å². The Kier molecular flexibility index (Phi) is 4.83. The van der Waals surface area contributed by atoms with Gasteiger partial charge in [0.25, 0.3) is 0 Å². The van der Waals surface area contributed by atoms with Crippen molar-refractivity contribution < 1.29 is 9.84 Å². The van der Waals surface area contributed by atoms with Crippen molar-refractivity contribution in [3.63, 3.8) is 0 Å². The molecular formula is C16H25NO2. The zero-order valence-corrected chi connectivity index (χ0v) is 12.1. The topological polar surface area (TPSA) is 41.5 Å². The lowest BCUT2D eigenvalue weighted by Gasteiger charge is -2.22. The maximum atomic E-state index is 9.91. The van der Waals surface area contributed by atoms with Gasteiger partial charge in [-0.2, -0.15) is 0 Å². The molecule has 1 aromatic carbocycles. The summed E-state index contributed by atoms with van der Waals surface area (Å²) in [4.78, 5) is 0. The molecular weight excluding hydrogens is 238 g/mol. The van der Waals surface area contributed by atoms with Gasteiger partial charge in [0, 0.05) is 18.2 Å². The molecule has 0 aliphatic heterocycles. The normalized spacial score (nSPS) is 23.0. The molecule has 1 aliphatic carbocycles. The lowest BCUT2D eigenvalue weighted by molar-refractivity contribution is 0.0592. The Labute approximate surface area is 116 Å². The van der Waals surface area contributed by atoms with Crippen molar-refractivity contribution in [2.24, 2.45) is 0 Å². The van der Waals surface area contributed by atoms with Crippen LogP contribution in [0, 0.1) is 6.92 Å². The molecule has 1 aromatic rings. The number of aryl methyl sites for hydroxylation is 1. The van der Waals surface area contributed by atoms with Crippen LogP contribution in [0.4, 0.5) is 0 Å². The van der Waals surface area contributed by atoms with Crippen molar-refractivity contribution in [1.29, 1.82) is 0 Å². The van der Waals surface area contributed by atoms with Gasteiger partial charge >= 0.3 is 0 Å². The zero-order valence-electron chi connectivity index (χ0n) is 12.1. The summed E-state index contributed by atoms with van der Waals surface area (Å²) in [5.74, 6) is 0.946. The molecule has 0 bridgehead atoms. The van der Waals surface area contributed by atoms with Crippen LogP contribution in [-0.4, -0.2) is 23.4 Å². The van der Waals surface area contributed by atoms with Gasteiger partial charge < -0.3 is 15.2 Å². The third-order valence-electron chi connectivity index (χ3n) is 3.68. The molecule has 0 radical (unpaired) electrons. The monoisotopic (exact) mass is 263 g/mol. The number of rotatable bonds is 5. The van der Waals surface area contributed by atoms with Gasteiger partial charge in [0.1, 0.15) is 11.9 Å². The molecule has 19 heavy (non-hydrogen) atoms. The Bertz CT molecular complexity index is 417. The lowest BCUT2D eigenvalue weighted by atomic mass is 10.1. The van der Waals surface area contributed by atoms with E-state index in [1.807, 2.05) is 0 Å². The average molecular weight is 263 g/mol. The molecule has 1 saturated carbocycles. The quantitative estimate of drug-likeness (QED) is 0.858. The predicted octanol–water partition coefficient (Wildman–Crippen LogP) is 2.79. The van der Waals surface area contributed by atoms with Gasteiger partial charge in [0.05, 0.1) is 6.10 Å². The molecule has 3 nitrogen and oxygen atoms in total. The Hall–Kier alpha value is -1.06. The Morgan fingerprint density at radius 1 is 1.37 bits per heavy atom. The molecule has 0 heterocycles. The van der Waals surface area contributed by atoms with E-state index in [1.54, 1.807) is 0 Å². The molecule has 0 aromatic heterocycles. The van der Waals surface area contributed by atoms with E-state index in [9.17, 15) is 5.11 Å².